The highest BCUT2D eigenvalue weighted by Gasteiger charge is 2.20. The van der Waals surface area contributed by atoms with Gasteiger partial charge < -0.3 is 10.4 Å². The van der Waals surface area contributed by atoms with Gasteiger partial charge in [-0.3, -0.25) is 14.9 Å². The molecule has 7 nitrogen and oxygen atoms in total. The van der Waals surface area contributed by atoms with Crippen LogP contribution in [0.2, 0.25) is 0 Å². The van der Waals surface area contributed by atoms with Crippen LogP contribution in [0.5, 0.6) is 0 Å². The standard InChI is InChI=1S/C12H14N2O5/c1-3-9(12(16)17)13-11(15)8-5-4-7(2)10(6-8)14(18)19/h4-6,9H,3H2,1-2H3,(H,13,15)(H,16,17)/t9-/m1/s1. The molecule has 7 heteroatoms. The minimum absolute atomic E-state index is 0.0667. The average molecular weight is 266 g/mol. The zero-order valence-electron chi connectivity index (χ0n) is 10.5. The molecular formula is C12H14N2O5. The topological polar surface area (TPSA) is 110 Å². The predicted octanol–water partition coefficient (Wildman–Crippen LogP) is 1.50. The average Bonchev–Trinajstić information content (AvgIpc) is 2.35. The summed E-state index contributed by atoms with van der Waals surface area (Å²) in [6.45, 7) is 3.18. The molecule has 2 N–H and O–H groups in total. The molecule has 0 saturated carbocycles. The number of carbonyl (C=O) groups excluding carboxylic acids is 1. The Labute approximate surface area is 109 Å². The number of carboxylic acid groups (broad SMARTS) is 1. The van der Waals surface area contributed by atoms with Crippen molar-refractivity contribution < 1.29 is 19.6 Å². The highest BCUT2D eigenvalue weighted by Crippen LogP contribution is 2.19. The van der Waals surface area contributed by atoms with E-state index in [1.54, 1.807) is 13.8 Å². The molecule has 0 unspecified atom stereocenters. The summed E-state index contributed by atoms with van der Waals surface area (Å²) in [5.41, 5.74) is 0.333. The Balaban J connectivity index is 2.97. The summed E-state index contributed by atoms with van der Waals surface area (Å²) in [5.74, 6) is -1.78. The van der Waals surface area contributed by atoms with Crippen LogP contribution in [0.15, 0.2) is 18.2 Å². The van der Waals surface area contributed by atoms with Crippen molar-refractivity contribution in [2.45, 2.75) is 26.3 Å². The summed E-state index contributed by atoms with van der Waals surface area (Å²) >= 11 is 0. The predicted molar refractivity (Wildman–Crippen MR) is 67.0 cm³/mol. The van der Waals surface area contributed by atoms with Crippen LogP contribution in [0.4, 0.5) is 5.69 Å². The summed E-state index contributed by atoms with van der Waals surface area (Å²) < 4.78 is 0. The molecule has 0 aliphatic carbocycles. The van der Waals surface area contributed by atoms with Crippen molar-refractivity contribution in [1.82, 2.24) is 5.32 Å². The minimum atomic E-state index is -1.14. The number of nitro benzene ring substituents is 1. The van der Waals surface area contributed by atoms with Crippen molar-refractivity contribution in [2.24, 2.45) is 0 Å². The molecule has 0 spiro atoms. The fraction of sp³-hybridized carbons (Fsp3) is 0.333. The first-order chi connectivity index (χ1) is 8.86. The van der Waals surface area contributed by atoms with E-state index in [2.05, 4.69) is 5.32 Å². The van der Waals surface area contributed by atoms with Crippen molar-refractivity contribution in [2.75, 3.05) is 0 Å². The van der Waals surface area contributed by atoms with Crippen LogP contribution < -0.4 is 5.32 Å². The zero-order valence-corrected chi connectivity index (χ0v) is 10.5. The fourth-order valence-corrected chi connectivity index (χ4v) is 1.53. The van der Waals surface area contributed by atoms with Crippen LogP contribution >= 0.6 is 0 Å². The highest BCUT2D eigenvalue weighted by atomic mass is 16.6. The zero-order chi connectivity index (χ0) is 14.6. The van der Waals surface area contributed by atoms with E-state index >= 15 is 0 Å². The van der Waals surface area contributed by atoms with Gasteiger partial charge in [-0.25, -0.2) is 4.79 Å². The number of rotatable bonds is 5. The Hall–Kier alpha value is -2.44. The third-order valence-corrected chi connectivity index (χ3v) is 2.68. The van der Waals surface area contributed by atoms with Gasteiger partial charge in [-0.2, -0.15) is 0 Å². The quantitative estimate of drug-likeness (QED) is 0.619. The van der Waals surface area contributed by atoms with Gasteiger partial charge in [0.1, 0.15) is 6.04 Å². The van der Waals surface area contributed by atoms with E-state index in [0.29, 0.717) is 5.56 Å². The Morgan fingerprint density at radius 2 is 2.11 bits per heavy atom. The maximum absolute atomic E-state index is 11.8. The van der Waals surface area contributed by atoms with Crippen LogP contribution in [0.25, 0.3) is 0 Å². The number of nitrogens with one attached hydrogen (secondary N) is 1. The SMILES string of the molecule is CC[C@@H](NC(=O)c1ccc(C)c([N+](=O)[O-])c1)C(=O)O. The fourth-order valence-electron chi connectivity index (χ4n) is 1.53. The van der Waals surface area contributed by atoms with Gasteiger partial charge >= 0.3 is 5.97 Å². The van der Waals surface area contributed by atoms with Crippen molar-refractivity contribution in [3.05, 3.63) is 39.4 Å². The maximum atomic E-state index is 11.8. The second-order valence-corrected chi connectivity index (χ2v) is 4.03. The van der Waals surface area contributed by atoms with Gasteiger partial charge in [-0.05, 0) is 19.4 Å². The first-order valence-corrected chi connectivity index (χ1v) is 5.65. The van der Waals surface area contributed by atoms with Gasteiger partial charge in [0.15, 0.2) is 0 Å². The van der Waals surface area contributed by atoms with Gasteiger partial charge in [-0.1, -0.05) is 13.0 Å². The normalized spacial score (nSPS) is 11.7. The number of carboxylic acids is 1. The van der Waals surface area contributed by atoms with Gasteiger partial charge in [-0.15, -0.1) is 0 Å². The van der Waals surface area contributed by atoms with Gasteiger partial charge in [0, 0.05) is 17.2 Å². The molecule has 0 aromatic heterocycles. The number of hydrogen-bond acceptors (Lipinski definition) is 4. The first kappa shape index (κ1) is 14.6. The number of nitrogens with zero attached hydrogens (tertiary/aromatic N) is 1. The van der Waals surface area contributed by atoms with E-state index in [4.69, 9.17) is 5.11 Å². The molecule has 102 valence electrons. The molecule has 0 saturated heterocycles. The van der Waals surface area contributed by atoms with Crippen molar-refractivity contribution in [3.8, 4) is 0 Å². The third kappa shape index (κ3) is 3.51. The number of amides is 1. The number of aliphatic carboxylic acids is 1. The summed E-state index contributed by atoms with van der Waals surface area (Å²) in [6, 6.07) is 3.01. The van der Waals surface area contributed by atoms with Gasteiger partial charge in [0.25, 0.3) is 11.6 Å². The molecular weight excluding hydrogens is 252 g/mol. The molecule has 0 aliphatic rings. The molecule has 1 amide bonds. The Bertz CT molecular complexity index is 527. The van der Waals surface area contributed by atoms with Crippen molar-refractivity contribution >= 4 is 17.6 Å². The number of nitro groups is 1. The lowest BCUT2D eigenvalue weighted by molar-refractivity contribution is -0.385. The van der Waals surface area contributed by atoms with Crippen molar-refractivity contribution in [1.29, 1.82) is 0 Å². The third-order valence-electron chi connectivity index (χ3n) is 2.68. The molecule has 1 aromatic rings. The maximum Gasteiger partial charge on any atom is 0.326 e. The molecule has 0 heterocycles. The lowest BCUT2D eigenvalue weighted by Crippen LogP contribution is -2.40. The Morgan fingerprint density at radius 3 is 2.58 bits per heavy atom. The van der Waals surface area contributed by atoms with Gasteiger partial charge in [0.05, 0.1) is 4.92 Å². The van der Waals surface area contributed by atoms with E-state index in [0.717, 1.165) is 6.07 Å². The number of hydrogen-bond donors (Lipinski definition) is 2. The molecule has 1 atom stereocenters. The molecule has 1 rings (SSSR count). The van der Waals surface area contributed by atoms with E-state index in [1.807, 2.05) is 0 Å². The largest absolute Gasteiger partial charge is 0.480 e. The van der Waals surface area contributed by atoms with E-state index in [1.165, 1.54) is 12.1 Å². The first-order valence-electron chi connectivity index (χ1n) is 5.65. The van der Waals surface area contributed by atoms with Crippen LogP contribution in [0, 0.1) is 17.0 Å². The second kappa shape index (κ2) is 5.94. The Kier molecular flexibility index (Phi) is 4.57. The summed E-state index contributed by atoms with van der Waals surface area (Å²) in [4.78, 5) is 32.8. The van der Waals surface area contributed by atoms with Crippen LogP contribution in [0.3, 0.4) is 0 Å². The van der Waals surface area contributed by atoms with E-state index in [9.17, 15) is 19.7 Å². The molecule has 19 heavy (non-hydrogen) atoms. The molecule has 0 bridgehead atoms. The van der Waals surface area contributed by atoms with Gasteiger partial charge in [0.2, 0.25) is 0 Å². The smallest absolute Gasteiger partial charge is 0.326 e. The lowest BCUT2D eigenvalue weighted by Gasteiger charge is -2.12. The van der Waals surface area contributed by atoms with Crippen LogP contribution in [-0.2, 0) is 4.79 Å². The van der Waals surface area contributed by atoms with Crippen LogP contribution in [0.1, 0.15) is 29.3 Å². The second-order valence-electron chi connectivity index (χ2n) is 4.03. The molecule has 1 aromatic carbocycles. The summed E-state index contributed by atoms with van der Waals surface area (Å²) in [5, 5.41) is 21.9. The van der Waals surface area contributed by atoms with Crippen molar-refractivity contribution in [3.63, 3.8) is 0 Å². The molecule has 0 radical (unpaired) electrons. The lowest BCUT2D eigenvalue weighted by atomic mass is 10.1. The molecule has 0 fully saturated rings. The van der Waals surface area contributed by atoms with Crippen LogP contribution in [-0.4, -0.2) is 27.9 Å². The molecule has 0 aliphatic heterocycles. The number of aryl methyl sites for hydroxylation is 1. The monoisotopic (exact) mass is 266 g/mol. The summed E-state index contributed by atoms with van der Waals surface area (Å²) in [7, 11) is 0. The number of benzene rings is 1. The van der Waals surface area contributed by atoms with E-state index in [-0.39, 0.29) is 17.7 Å². The Morgan fingerprint density at radius 1 is 1.47 bits per heavy atom. The highest BCUT2D eigenvalue weighted by molar-refractivity contribution is 5.97. The number of carbonyl (C=O) groups is 2. The minimum Gasteiger partial charge on any atom is -0.480 e. The van der Waals surface area contributed by atoms with E-state index < -0.39 is 22.8 Å². The summed E-state index contributed by atoms with van der Waals surface area (Å²) in [6.07, 6.45) is 0.231.